The molecule has 0 bridgehead atoms. The number of nitrogens with zero attached hydrogens (tertiary/aromatic N) is 1. The quantitative estimate of drug-likeness (QED) is 0.936. The van der Waals surface area contributed by atoms with Gasteiger partial charge >= 0.3 is 0 Å². The van der Waals surface area contributed by atoms with Crippen LogP contribution in [0.25, 0.3) is 11.5 Å². The number of hydrogen-bond donors (Lipinski definition) is 1. The molecule has 0 saturated carbocycles. The van der Waals surface area contributed by atoms with Gasteiger partial charge in [0, 0.05) is 17.1 Å². The van der Waals surface area contributed by atoms with E-state index in [0.717, 1.165) is 22.3 Å². The minimum Gasteiger partial charge on any atom is -0.444 e. The fraction of sp³-hybridized carbons (Fsp3) is 0.308. The molecule has 0 fully saturated rings. The molecule has 2 rings (SSSR count). The van der Waals surface area contributed by atoms with Crippen molar-refractivity contribution in [2.24, 2.45) is 0 Å². The van der Waals surface area contributed by atoms with Crippen molar-refractivity contribution in [2.45, 2.75) is 26.4 Å². The van der Waals surface area contributed by atoms with Gasteiger partial charge in [-0.2, -0.15) is 0 Å². The second-order valence-corrected chi connectivity index (χ2v) is 5.01. The number of benzene rings is 1. The normalized spacial score (nSPS) is 11.1. The maximum atomic E-state index is 5.48. The van der Waals surface area contributed by atoms with Gasteiger partial charge in [-0.15, -0.1) is 0 Å². The summed E-state index contributed by atoms with van der Waals surface area (Å²) in [7, 11) is 0. The summed E-state index contributed by atoms with van der Waals surface area (Å²) in [5, 5.41) is 3.31. The Kier molecular flexibility index (Phi) is 3.97. The van der Waals surface area contributed by atoms with E-state index in [2.05, 4.69) is 40.1 Å². The third-order valence-electron chi connectivity index (χ3n) is 2.35. The van der Waals surface area contributed by atoms with Crippen molar-refractivity contribution in [3.05, 3.63) is 40.7 Å². The van der Waals surface area contributed by atoms with Crippen molar-refractivity contribution in [2.75, 3.05) is 0 Å². The highest BCUT2D eigenvalue weighted by Gasteiger charge is 2.09. The Balaban J connectivity index is 2.16. The molecule has 0 saturated heterocycles. The lowest BCUT2D eigenvalue weighted by Gasteiger charge is -2.04. The molecule has 17 heavy (non-hydrogen) atoms. The molecule has 3 nitrogen and oxygen atoms in total. The fourth-order valence-corrected chi connectivity index (χ4v) is 1.91. The molecule has 2 aromatic rings. The number of hydrogen-bond acceptors (Lipinski definition) is 3. The van der Waals surface area contributed by atoms with Gasteiger partial charge in [-0.1, -0.05) is 26.0 Å². The van der Waals surface area contributed by atoms with Crippen LogP contribution in [0.3, 0.4) is 0 Å². The SMILES string of the molecule is CC(C)NCc1coc(-c2ccccc2Br)n1. The molecule has 1 N–H and O–H groups in total. The first-order valence-electron chi connectivity index (χ1n) is 5.59. The second kappa shape index (κ2) is 5.47. The monoisotopic (exact) mass is 294 g/mol. The first-order chi connectivity index (χ1) is 8.16. The van der Waals surface area contributed by atoms with Crippen LogP contribution in [0.1, 0.15) is 19.5 Å². The van der Waals surface area contributed by atoms with Gasteiger partial charge in [-0.25, -0.2) is 4.98 Å². The Morgan fingerprint density at radius 3 is 2.82 bits per heavy atom. The molecule has 0 aliphatic heterocycles. The molecular formula is C13H15BrN2O. The van der Waals surface area contributed by atoms with Gasteiger partial charge in [0.2, 0.25) is 5.89 Å². The van der Waals surface area contributed by atoms with Crippen LogP contribution in [0.4, 0.5) is 0 Å². The van der Waals surface area contributed by atoms with E-state index in [-0.39, 0.29) is 0 Å². The molecule has 0 amide bonds. The predicted molar refractivity (Wildman–Crippen MR) is 71.6 cm³/mol. The van der Waals surface area contributed by atoms with E-state index in [0.29, 0.717) is 11.9 Å². The van der Waals surface area contributed by atoms with E-state index in [1.54, 1.807) is 6.26 Å². The van der Waals surface area contributed by atoms with Crippen molar-refractivity contribution in [3.8, 4) is 11.5 Å². The van der Waals surface area contributed by atoms with Crippen molar-refractivity contribution < 1.29 is 4.42 Å². The molecule has 0 spiro atoms. The zero-order chi connectivity index (χ0) is 12.3. The van der Waals surface area contributed by atoms with Gasteiger partial charge in [-0.05, 0) is 28.1 Å². The summed E-state index contributed by atoms with van der Waals surface area (Å²) in [6.45, 7) is 4.94. The first-order valence-corrected chi connectivity index (χ1v) is 6.39. The number of oxazole rings is 1. The molecule has 1 heterocycles. The maximum Gasteiger partial charge on any atom is 0.227 e. The Morgan fingerprint density at radius 2 is 2.12 bits per heavy atom. The van der Waals surface area contributed by atoms with Crippen LogP contribution in [-0.4, -0.2) is 11.0 Å². The summed E-state index contributed by atoms with van der Waals surface area (Å²) in [6.07, 6.45) is 1.70. The summed E-state index contributed by atoms with van der Waals surface area (Å²) in [6, 6.07) is 8.34. The van der Waals surface area contributed by atoms with Crippen molar-refractivity contribution >= 4 is 15.9 Å². The van der Waals surface area contributed by atoms with Gasteiger partial charge in [0.25, 0.3) is 0 Å². The highest BCUT2D eigenvalue weighted by molar-refractivity contribution is 9.10. The molecule has 0 radical (unpaired) electrons. The van der Waals surface area contributed by atoms with E-state index in [1.807, 2.05) is 24.3 Å². The molecule has 1 aromatic heterocycles. The Hall–Kier alpha value is -1.13. The van der Waals surface area contributed by atoms with Crippen LogP contribution < -0.4 is 5.32 Å². The van der Waals surface area contributed by atoms with Crippen molar-refractivity contribution in [1.82, 2.24) is 10.3 Å². The van der Waals surface area contributed by atoms with E-state index in [1.165, 1.54) is 0 Å². The minimum absolute atomic E-state index is 0.443. The minimum atomic E-state index is 0.443. The third kappa shape index (κ3) is 3.17. The maximum absolute atomic E-state index is 5.48. The van der Waals surface area contributed by atoms with Gasteiger partial charge < -0.3 is 9.73 Å². The predicted octanol–water partition coefficient (Wildman–Crippen LogP) is 3.60. The average Bonchev–Trinajstić information content (AvgIpc) is 2.75. The molecule has 0 atom stereocenters. The third-order valence-corrected chi connectivity index (χ3v) is 3.04. The van der Waals surface area contributed by atoms with E-state index < -0.39 is 0 Å². The topological polar surface area (TPSA) is 38.1 Å². The van der Waals surface area contributed by atoms with Gasteiger partial charge in [0.15, 0.2) is 0 Å². The molecule has 0 unspecified atom stereocenters. The number of nitrogens with one attached hydrogen (secondary N) is 1. The highest BCUT2D eigenvalue weighted by Crippen LogP contribution is 2.26. The standard InChI is InChI=1S/C13H15BrN2O/c1-9(2)15-7-10-8-17-13(16-10)11-5-3-4-6-12(11)14/h3-6,8-9,15H,7H2,1-2H3. The van der Waals surface area contributed by atoms with Crippen LogP contribution in [0.15, 0.2) is 39.4 Å². The van der Waals surface area contributed by atoms with Gasteiger partial charge in [0.1, 0.15) is 6.26 Å². The summed E-state index contributed by atoms with van der Waals surface area (Å²) < 4.78 is 6.47. The van der Waals surface area contributed by atoms with E-state index >= 15 is 0 Å². The van der Waals surface area contributed by atoms with Crippen LogP contribution in [0.5, 0.6) is 0 Å². The zero-order valence-corrected chi connectivity index (χ0v) is 11.5. The van der Waals surface area contributed by atoms with Gasteiger partial charge in [-0.3, -0.25) is 0 Å². The lowest BCUT2D eigenvalue weighted by molar-refractivity contribution is 0.560. The largest absolute Gasteiger partial charge is 0.444 e. The van der Waals surface area contributed by atoms with Crippen LogP contribution >= 0.6 is 15.9 Å². The van der Waals surface area contributed by atoms with Crippen molar-refractivity contribution in [1.29, 1.82) is 0 Å². The van der Waals surface area contributed by atoms with Crippen LogP contribution in [-0.2, 0) is 6.54 Å². The highest BCUT2D eigenvalue weighted by atomic mass is 79.9. The summed E-state index contributed by atoms with van der Waals surface area (Å²) in [5.41, 5.74) is 1.90. The Bertz CT molecular complexity index is 494. The summed E-state index contributed by atoms with van der Waals surface area (Å²) in [4.78, 5) is 4.45. The van der Waals surface area contributed by atoms with Gasteiger partial charge in [0.05, 0.1) is 11.3 Å². The van der Waals surface area contributed by atoms with Crippen LogP contribution in [0.2, 0.25) is 0 Å². The van der Waals surface area contributed by atoms with Crippen molar-refractivity contribution in [3.63, 3.8) is 0 Å². The molecule has 0 aliphatic rings. The molecule has 0 aliphatic carbocycles. The lowest BCUT2D eigenvalue weighted by Crippen LogP contribution is -2.21. The summed E-state index contributed by atoms with van der Waals surface area (Å²) in [5.74, 6) is 0.651. The molecule has 4 heteroatoms. The molecule has 1 aromatic carbocycles. The smallest absolute Gasteiger partial charge is 0.227 e. The average molecular weight is 295 g/mol. The molecule has 90 valence electrons. The number of rotatable bonds is 4. The number of aromatic nitrogens is 1. The van der Waals surface area contributed by atoms with E-state index in [9.17, 15) is 0 Å². The number of halogens is 1. The molecular weight excluding hydrogens is 280 g/mol. The fourth-order valence-electron chi connectivity index (χ4n) is 1.46. The summed E-state index contributed by atoms with van der Waals surface area (Å²) >= 11 is 3.49. The lowest BCUT2D eigenvalue weighted by atomic mass is 10.2. The Morgan fingerprint density at radius 1 is 1.35 bits per heavy atom. The van der Waals surface area contributed by atoms with Crippen LogP contribution in [0, 0.1) is 0 Å². The van der Waals surface area contributed by atoms with E-state index in [4.69, 9.17) is 4.42 Å². The second-order valence-electron chi connectivity index (χ2n) is 4.16. The Labute approximate surface area is 109 Å². The first kappa shape index (κ1) is 12.3. The zero-order valence-electron chi connectivity index (χ0n) is 9.90.